The van der Waals surface area contributed by atoms with Gasteiger partial charge in [0.1, 0.15) is 5.82 Å². The van der Waals surface area contributed by atoms with Crippen LogP contribution in [0.1, 0.15) is 12.8 Å². The van der Waals surface area contributed by atoms with Gasteiger partial charge in [-0.25, -0.2) is 4.98 Å². The van der Waals surface area contributed by atoms with Gasteiger partial charge in [0.25, 0.3) is 0 Å². The Kier molecular flexibility index (Phi) is 5.95. The number of carboxylic acid groups (broad SMARTS) is 2. The monoisotopic (exact) mass is 228 g/mol. The quantitative estimate of drug-likeness (QED) is 0.543. The van der Waals surface area contributed by atoms with E-state index in [9.17, 15) is 9.59 Å². The molecule has 8 nitrogen and oxygen atoms in total. The maximum Gasteiger partial charge on any atom is 0.303 e. The third kappa shape index (κ3) is 8.23. The number of anilines is 2. The van der Waals surface area contributed by atoms with Gasteiger partial charge in [-0.15, -0.1) is 0 Å². The number of nitrogens with zero attached hydrogens (tertiary/aromatic N) is 2. The molecule has 16 heavy (non-hydrogen) atoms. The van der Waals surface area contributed by atoms with Crippen molar-refractivity contribution in [1.82, 2.24) is 9.97 Å². The second-order valence-corrected chi connectivity index (χ2v) is 2.63. The first-order valence-corrected chi connectivity index (χ1v) is 4.19. The van der Waals surface area contributed by atoms with Crippen LogP contribution in [0.5, 0.6) is 0 Å². The summed E-state index contributed by atoms with van der Waals surface area (Å²) in [6, 6.07) is 1.58. The first-order valence-electron chi connectivity index (χ1n) is 4.19. The number of carboxylic acids is 2. The third-order valence-electron chi connectivity index (χ3n) is 1.25. The second-order valence-electron chi connectivity index (χ2n) is 2.63. The summed E-state index contributed by atoms with van der Waals surface area (Å²) >= 11 is 0. The van der Waals surface area contributed by atoms with Gasteiger partial charge in [-0.1, -0.05) is 0 Å². The van der Waals surface area contributed by atoms with Crippen LogP contribution in [0.2, 0.25) is 0 Å². The van der Waals surface area contributed by atoms with Crippen LogP contribution in [-0.2, 0) is 9.59 Å². The Morgan fingerprint density at radius 3 is 1.94 bits per heavy atom. The molecule has 0 atom stereocenters. The molecule has 0 bridgehead atoms. The highest BCUT2D eigenvalue weighted by atomic mass is 16.4. The number of carbonyl (C=O) groups is 2. The van der Waals surface area contributed by atoms with Crippen LogP contribution in [0.15, 0.2) is 12.3 Å². The molecule has 6 N–H and O–H groups in total. The van der Waals surface area contributed by atoms with Crippen molar-refractivity contribution in [3.8, 4) is 0 Å². The number of hydrogen-bond acceptors (Lipinski definition) is 6. The van der Waals surface area contributed by atoms with Crippen molar-refractivity contribution in [2.75, 3.05) is 11.5 Å². The molecule has 0 unspecified atom stereocenters. The summed E-state index contributed by atoms with van der Waals surface area (Å²) in [6.45, 7) is 0. The zero-order valence-corrected chi connectivity index (χ0v) is 8.33. The summed E-state index contributed by atoms with van der Waals surface area (Å²) in [5, 5.41) is 15.8. The van der Waals surface area contributed by atoms with Crippen molar-refractivity contribution in [2.45, 2.75) is 12.8 Å². The summed E-state index contributed by atoms with van der Waals surface area (Å²) in [4.78, 5) is 26.5. The molecule has 0 aromatic carbocycles. The van der Waals surface area contributed by atoms with Crippen LogP contribution in [0.4, 0.5) is 11.8 Å². The van der Waals surface area contributed by atoms with E-state index in [-0.39, 0.29) is 18.8 Å². The molecule has 0 aliphatic heterocycles. The van der Waals surface area contributed by atoms with E-state index in [1.54, 1.807) is 6.07 Å². The van der Waals surface area contributed by atoms with Crippen molar-refractivity contribution in [3.63, 3.8) is 0 Å². The summed E-state index contributed by atoms with van der Waals surface area (Å²) in [7, 11) is 0. The highest BCUT2D eigenvalue weighted by Gasteiger charge is 2.00. The molecule has 1 aromatic heterocycles. The lowest BCUT2D eigenvalue weighted by Gasteiger charge is -1.89. The number of nitrogens with two attached hydrogens (primary N) is 2. The molecule has 88 valence electrons. The van der Waals surface area contributed by atoms with Crippen LogP contribution in [0.3, 0.4) is 0 Å². The van der Waals surface area contributed by atoms with E-state index in [0.29, 0.717) is 5.82 Å². The lowest BCUT2D eigenvalue weighted by molar-refractivity contribution is -0.143. The number of nitrogen functional groups attached to an aromatic ring is 2. The van der Waals surface area contributed by atoms with E-state index in [4.69, 9.17) is 21.7 Å². The first kappa shape index (κ1) is 13.6. The Morgan fingerprint density at radius 2 is 1.69 bits per heavy atom. The molecule has 0 fully saturated rings. The van der Waals surface area contributed by atoms with Gasteiger partial charge in [-0.2, -0.15) is 4.98 Å². The molecule has 0 amide bonds. The van der Waals surface area contributed by atoms with E-state index < -0.39 is 11.9 Å². The van der Waals surface area contributed by atoms with Crippen LogP contribution in [-0.4, -0.2) is 32.1 Å². The molecular weight excluding hydrogens is 216 g/mol. The minimum absolute atomic E-state index is 0.213. The van der Waals surface area contributed by atoms with Gasteiger partial charge in [0, 0.05) is 6.20 Å². The van der Waals surface area contributed by atoms with Crippen molar-refractivity contribution < 1.29 is 19.8 Å². The Morgan fingerprint density at radius 1 is 1.19 bits per heavy atom. The van der Waals surface area contributed by atoms with Gasteiger partial charge in [0.15, 0.2) is 0 Å². The van der Waals surface area contributed by atoms with Crippen molar-refractivity contribution in [2.24, 2.45) is 0 Å². The summed E-state index contributed by atoms with van der Waals surface area (Å²) in [5.74, 6) is -1.54. The Hall–Kier alpha value is -2.38. The highest BCUT2D eigenvalue weighted by molar-refractivity contribution is 5.75. The lowest BCUT2D eigenvalue weighted by atomic mass is 10.3. The van der Waals surface area contributed by atoms with E-state index in [1.807, 2.05) is 0 Å². The van der Waals surface area contributed by atoms with Gasteiger partial charge >= 0.3 is 11.9 Å². The Balaban J connectivity index is 0.000000281. The van der Waals surface area contributed by atoms with Crippen LogP contribution in [0.25, 0.3) is 0 Å². The van der Waals surface area contributed by atoms with Crippen molar-refractivity contribution in [1.29, 1.82) is 0 Å². The fourth-order valence-electron chi connectivity index (χ4n) is 0.602. The molecular formula is C8H12N4O4. The van der Waals surface area contributed by atoms with E-state index in [2.05, 4.69) is 9.97 Å². The molecule has 0 aliphatic carbocycles. The van der Waals surface area contributed by atoms with Crippen LogP contribution < -0.4 is 11.5 Å². The van der Waals surface area contributed by atoms with E-state index in [1.165, 1.54) is 6.20 Å². The number of aliphatic carboxylic acids is 2. The topological polar surface area (TPSA) is 152 Å². The molecule has 0 aliphatic rings. The lowest BCUT2D eigenvalue weighted by Crippen LogP contribution is -2.00. The normalized spacial score (nSPS) is 8.75. The van der Waals surface area contributed by atoms with E-state index in [0.717, 1.165) is 0 Å². The maximum absolute atomic E-state index is 9.64. The van der Waals surface area contributed by atoms with Gasteiger partial charge in [0.2, 0.25) is 5.95 Å². The molecule has 0 radical (unpaired) electrons. The Bertz CT molecular complexity index is 338. The van der Waals surface area contributed by atoms with Gasteiger partial charge in [-0.05, 0) is 6.07 Å². The zero-order valence-electron chi connectivity index (χ0n) is 8.33. The van der Waals surface area contributed by atoms with Gasteiger partial charge in [0.05, 0.1) is 12.8 Å². The van der Waals surface area contributed by atoms with E-state index >= 15 is 0 Å². The molecule has 1 heterocycles. The zero-order chi connectivity index (χ0) is 12.6. The largest absolute Gasteiger partial charge is 0.481 e. The van der Waals surface area contributed by atoms with Gasteiger partial charge in [-0.3, -0.25) is 9.59 Å². The summed E-state index contributed by atoms with van der Waals surface area (Å²) in [6.07, 6.45) is 0.919. The smallest absolute Gasteiger partial charge is 0.303 e. The minimum atomic E-state index is -1.08. The van der Waals surface area contributed by atoms with Crippen LogP contribution in [0, 0.1) is 0 Å². The standard InChI is InChI=1S/C4H6N4.C4H6O4/c5-3-1-2-7-4(6)8-3;5-3(6)1-2-4(7)8/h1-2H,(H4,5,6,7,8);1-2H2,(H,5,6)(H,7,8). The van der Waals surface area contributed by atoms with Gasteiger partial charge < -0.3 is 21.7 Å². The van der Waals surface area contributed by atoms with Crippen molar-refractivity contribution >= 4 is 23.7 Å². The molecule has 0 saturated heterocycles. The van der Waals surface area contributed by atoms with Crippen LogP contribution >= 0.6 is 0 Å². The minimum Gasteiger partial charge on any atom is -0.481 e. The third-order valence-corrected chi connectivity index (χ3v) is 1.25. The fraction of sp³-hybridized carbons (Fsp3) is 0.250. The average Bonchev–Trinajstić information content (AvgIpc) is 2.15. The molecule has 1 rings (SSSR count). The number of hydrogen-bond donors (Lipinski definition) is 4. The SMILES string of the molecule is Nc1ccnc(N)n1.O=C(O)CCC(=O)O. The highest BCUT2D eigenvalue weighted by Crippen LogP contribution is 1.94. The van der Waals surface area contributed by atoms with Crippen molar-refractivity contribution in [3.05, 3.63) is 12.3 Å². The Labute approximate surface area is 90.9 Å². The molecule has 1 aromatic rings. The fourth-order valence-corrected chi connectivity index (χ4v) is 0.602. The summed E-state index contributed by atoms with van der Waals surface area (Å²) in [5.41, 5.74) is 10.4. The number of rotatable bonds is 3. The number of aromatic nitrogens is 2. The average molecular weight is 228 g/mol. The molecule has 0 spiro atoms. The molecule has 8 heteroatoms. The maximum atomic E-state index is 9.64. The molecule has 0 saturated carbocycles. The predicted octanol–water partition coefficient (Wildman–Crippen LogP) is -0.423. The predicted molar refractivity (Wildman–Crippen MR) is 55.4 cm³/mol. The summed E-state index contributed by atoms with van der Waals surface area (Å²) < 4.78 is 0. The second kappa shape index (κ2) is 6.98. The first-order chi connectivity index (χ1) is 7.41.